The number of fused-ring (bicyclic) bond motifs is 1. The molecule has 0 amide bonds. The topological polar surface area (TPSA) is 297 Å². The van der Waals surface area contributed by atoms with E-state index in [0.717, 1.165) is 6.33 Å². The van der Waals surface area contributed by atoms with Crippen molar-refractivity contribution in [1.82, 2.24) is 29.5 Å². The van der Waals surface area contributed by atoms with E-state index in [1.165, 1.54) is 22.4 Å². The van der Waals surface area contributed by atoms with Crippen molar-refractivity contribution >= 4 is 40.3 Å². The van der Waals surface area contributed by atoms with E-state index in [1.807, 2.05) is 0 Å². The third kappa shape index (κ3) is 5.88. The van der Waals surface area contributed by atoms with E-state index in [2.05, 4.69) is 33.4 Å². The van der Waals surface area contributed by atoms with Crippen LogP contribution >= 0.6 is 23.5 Å². The van der Waals surface area contributed by atoms with Crippen LogP contribution in [0.2, 0.25) is 0 Å². The van der Waals surface area contributed by atoms with Crippen molar-refractivity contribution in [3.8, 4) is 11.3 Å². The number of nitrogens with two attached hydrogens (primary N) is 1. The number of aliphatic hydroxyl groups excluding tert-OH is 1. The standard InChI is InChI=1S/C15H22N7O13P3/c1-15(24)11(23)9(5-32-37(28,29)35-38(30,31)34-36(25,26)27)33-14(15)22-3-7(8-4-21(2)20-19-8)10-12(16)17-6-18-13(10)22/h3-4,6,9,11,14,23-24H,5H2,1-2H3,(H,28,29)(H,30,31)(H2,16,17,18)(H2,25,26,27)/t9?,11-,14-,15-/m1/s1. The summed E-state index contributed by atoms with van der Waals surface area (Å²) in [4.78, 5) is 44.3. The van der Waals surface area contributed by atoms with E-state index in [9.17, 15) is 33.7 Å². The van der Waals surface area contributed by atoms with Crippen LogP contribution in [0.1, 0.15) is 13.2 Å². The van der Waals surface area contributed by atoms with Crippen LogP contribution in [-0.2, 0) is 38.6 Å². The molecule has 38 heavy (non-hydrogen) atoms. The lowest BCUT2D eigenvalue weighted by molar-refractivity contribution is -0.0946. The molecule has 0 spiro atoms. The SMILES string of the molecule is Cn1cc(-c2cn([C@@H]3OC(COP(=O)(O)OP(=O)(O)OP(=O)(O)O)[C@@H](O)[C@@]3(C)O)c3ncnc(N)c23)nn1. The third-order valence-corrected chi connectivity index (χ3v) is 9.15. The Hall–Kier alpha value is -2.15. The average Bonchev–Trinajstić information content (AvgIpc) is 3.40. The van der Waals surface area contributed by atoms with E-state index in [-0.39, 0.29) is 11.5 Å². The number of anilines is 1. The van der Waals surface area contributed by atoms with Gasteiger partial charge >= 0.3 is 23.5 Å². The summed E-state index contributed by atoms with van der Waals surface area (Å²) in [6.45, 7) is 0.205. The molecule has 8 N–H and O–H groups in total. The molecule has 6 atom stereocenters. The van der Waals surface area contributed by atoms with Gasteiger partial charge in [0.1, 0.15) is 41.3 Å². The molecule has 0 bridgehead atoms. The van der Waals surface area contributed by atoms with Crippen LogP contribution in [0.3, 0.4) is 0 Å². The van der Waals surface area contributed by atoms with Crippen LogP contribution in [-0.4, -0.2) is 83.7 Å². The maximum Gasteiger partial charge on any atom is 0.490 e. The zero-order valence-electron chi connectivity index (χ0n) is 19.3. The Morgan fingerprint density at radius 1 is 1.13 bits per heavy atom. The number of hydrogen-bond donors (Lipinski definition) is 7. The number of phosphoric ester groups is 1. The highest BCUT2D eigenvalue weighted by molar-refractivity contribution is 7.66. The van der Waals surface area contributed by atoms with Crippen LogP contribution in [0.15, 0.2) is 18.7 Å². The van der Waals surface area contributed by atoms with E-state index in [4.69, 9.17) is 20.3 Å². The fourth-order valence-corrected chi connectivity index (χ4v) is 6.83. The zero-order valence-corrected chi connectivity index (χ0v) is 22.0. The van der Waals surface area contributed by atoms with Crippen LogP contribution < -0.4 is 5.73 Å². The summed E-state index contributed by atoms with van der Waals surface area (Å²) < 4.78 is 54.6. The Bertz CT molecular complexity index is 1500. The third-order valence-electron chi connectivity index (χ3n) is 5.34. The molecule has 0 aliphatic carbocycles. The molecule has 4 heterocycles. The first-order chi connectivity index (χ1) is 17.4. The zero-order chi connectivity index (χ0) is 28.3. The minimum Gasteiger partial charge on any atom is -0.387 e. The van der Waals surface area contributed by atoms with Crippen LogP contribution in [0.4, 0.5) is 5.82 Å². The van der Waals surface area contributed by atoms with Crippen LogP contribution in [0, 0.1) is 0 Å². The Kier molecular flexibility index (Phi) is 7.44. The molecule has 3 aromatic heterocycles. The molecule has 1 saturated heterocycles. The first kappa shape index (κ1) is 28.8. The maximum absolute atomic E-state index is 12.1. The number of aliphatic hydroxyl groups is 2. The first-order valence-electron chi connectivity index (χ1n) is 10.2. The number of nitrogen functional groups attached to an aromatic ring is 1. The van der Waals surface area contributed by atoms with Gasteiger partial charge in [-0.3, -0.25) is 9.21 Å². The molecule has 210 valence electrons. The quantitative estimate of drug-likeness (QED) is 0.147. The molecular formula is C15H22N7O13P3. The smallest absolute Gasteiger partial charge is 0.387 e. The van der Waals surface area contributed by atoms with Gasteiger partial charge in [0, 0.05) is 18.8 Å². The molecule has 3 unspecified atom stereocenters. The normalized spacial score (nSPS) is 27.4. The van der Waals surface area contributed by atoms with Gasteiger partial charge in [-0.1, -0.05) is 5.21 Å². The highest BCUT2D eigenvalue weighted by Crippen LogP contribution is 2.66. The molecule has 1 aliphatic heterocycles. The van der Waals surface area contributed by atoms with Gasteiger partial charge in [0.2, 0.25) is 0 Å². The molecule has 23 heteroatoms. The van der Waals surface area contributed by atoms with E-state index >= 15 is 0 Å². The van der Waals surface area contributed by atoms with Crippen molar-refractivity contribution < 1.29 is 61.4 Å². The summed E-state index contributed by atoms with van der Waals surface area (Å²) in [5.41, 5.74) is 4.94. The fraction of sp³-hybridized carbons (Fsp3) is 0.467. The summed E-state index contributed by atoms with van der Waals surface area (Å²) in [7, 11) is -15.2. The van der Waals surface area contributed by atoms with Gasteiger partial charge in [-0.25, -0.2) is 23.7 Å². The Balaban J connectivity index is 1.60. The molecule has 1 fully saturated rings. The van der Waals surface area contributed by atoms with Gasteiger partial charge in [0.15, 0.2) is 6.23 Å². The van der Waals surface area contributed by atoms with Crippen molar-refractivity contribution in [3.05, 3.63) is 18.7 Å². The Labute approximate surface area is 212 Å². The molecule has 4 rings (SSSR count). The highest BCUT2D eigenvalue weighted by atomic mass is 31.3. The van der Waals surface area contributed by atoms with E-state index in [0.29, 0.717) is 16.6 Å². The molecule has 3 aromatic rings. The summed E-state index contributed by atoms with van der Waals surface area (Å²) >= 11 is 0. The van der Waals surface area contributed by atoms with E-state index < -0.39 is 54.1 Å². The van der Waals surface area contributed by atoms with Crippen molar-refractivity contribution in [2.24, 2.45) is 7.05 Å². The predicted octanol–water partition coefficient (Wildman–Crippen LogP) is -0.838. The second-order valence-electron chi connectivity index (χ2n) is 8.27. The second-order valence-corrected chi connectivity index (χ2v) is 12.7. The summed E-state index contributed by atoms with van der Waals surface area (Å²) in [6, 6.07) is 0. The number of phosphoric acid groups is 3. The van der Waals surface area contributed by atoms with Gasteiger partial charge < -0.3 is 44.8 Å². The van der Waals surface area contributed by atoms with Gasteiger partial charge in [0.25, 0.3) is 0 Å². The highest BCUT2D eigenvalue weighted by Gasteiger charge is 2.54. The molecular weight excluding hydrogens is 579 g/mol. The minimum atomic E-state index is -5.75. The van der Waals surface area contributed by atoms with Gasteiger partial charge in [0.05, 0.1) is 18.2 Å². The lowest BCUT2D eigenvalue weighted by atomic mass is 9.96. The second kappa shape index (κ2) is 9.79. The maximum atomic E-state index is 12.1. The monoisotopic (exact) mass is 601 g/mol. The summed E-state index contributed by atoms with van der Waals surface area (Å²) in [6.07, 6.45) is -0.487. The lowest BCUT2D eigenvalue weighted by Crippen LogP contribution is -2.44. The fourth-order valence-electron chi connectivity index (χ4n) is 3.80. The number of ether oxygens (including phenoxy) is 1. The minimum absolute atomic E-state index is 0.0665. The van der Waals surface area contributed by atoms with Gasteiger partial charge in [-0.05, 0) is 6.92 Å². The number of hydrogen-bond acceptors (Lipinski definition) is 14. The molecule has 0 saturated carbocycles. The summed E-state index contributed by atoms with van der Waals surface area (Å²) in [5.74, 6) is 0.0665. The van der Waals surface area contributed by atoms with E-state index in [1.54, 1.807) is 13.2 Å². The molecule has 0 radical (unpaired) electrons. The van der Waals surface area contributed by atoms with Crippen molar-refractivity contribution in [1.29, 1.82) is 0 Å². The molecule has 0 aromatic carbocycles. The number of aromatic nitrogens is 6. The van der Waals surface area contributed by atoms with Crippen LogP contribution in [0.5, 0.6) is 0 Å². The number of aryl methyl sites for hydroxylation is 1. The molecule has 1 aliphatic rings. The molecule has 20 nitrogen and oxygen atoms in total. The lowest BCUT2D eigenvalue weighted by Gasteiger charge is -2.27. The predicted molar refractivity (Wildman–Crippen MR) is 122 cm³/mol. The number of nitrogens with zero attached hydrogens (tertiary/aromatic N) is 6. The first-order valence-corrected chi connectivity index (χ1v) is 14.7. The Morgan fingerprint density at radius 2 is 1.82 bits per heavy atom. The largest absolute Gasteiger partial charge is 0.490 e. The van der Waals surface area contributed by atoms with Gasteiger partial charge in [-0.15, -0.1) is 5.10 Å². The Morgan fingerprint density at radius 3 is 2.42 bits per heavy atom. The van der Waals surface area contributed by atoms with Crippen molar-refractivity contribution in [2.75, 3.05) is 12.3 Å². The number of rotatable bonds is 9. The summed E-state index contributed by atoms with van der Waals surface area (Å²) in [5, 5.41) is 30.0. The average molecular weight is 601 g/mol. The van der Waals surface area contributed by atoms with Crippen molar-refractivity contribution in [3.63, 3.8) is 0 Å². The van der Waals surface area contributed by atoms with Crippen molar-refractivity contribution in [2.45, 2.75) is 31.0 Å². The van der Waals surface area contributed by atoms with Gasteiger partial charge in [-0.2, -0.15) is 8.62 Å². The van der Waals surface area contributed by atoms with Crippen LogP contribution in [0.25, 0.3) is 22.3 Å².